The first-order valence-electron chi connectivity index (χ1n) is 7.23. The fourth-order valence-corrected chi connectivity index (χ4v) is 2.58. The second-order valence-corrected chi connectivity index (χ2v) is 5.51. The van der Waals surface area contributed by atoms with Gasteiger partial charge in [0.1, 0.15) is 5.75 Å². The summed E-state index contributed by atoms with van der Waals surface area (Å²) in [6, 6.07) is 7.31. The van der Waals surface area contributed by atoms with E-state index in [1.165, 1.54) is 0 Å². The van der Waals surface area contributed by atoms with Crippen molar-refractivity contribution in [3.63, 3.8) is 0 Å². The molecule has 1 heterocycles. The summed E-state index contributed by atoms with van der Waals surface area (Å²) in [4.78, 5) is 25.3. The number of methoxy groups -OCH3 is 1. The smallest absolute Gasteiger partial charge is 0.334 e. The zero-order chi connectivity index (χ0) is 16.3. The number of amides is 1. The molecule has 1 aliphatic heterocycles. The highest BCUT2D eigenvalue weighted by atomic mass is 16.5. The number of hydrogen-bond donors (Lipinski definition) is 1. The van der Waals surface area contributed by atoms with Gasteiger partial charge in [0.2, 0.25) is 5.91 Å². The van der Waals surface area contributed by atoms with E-state index in [1.807, 2.05) is 19.1 Å². The molecule has 6 heteroatoms. The molecule has 1 saturated heterocycles. The van der Waals surface area contributed by atoms with Crippen LogP contribution in [-0.2, 0) is 14.3 Å². The van der Waals surface area contributed by atoms with E-state index in [4.69, 9.17) is 14.6 Å². The molecule has 0 radical (unpaired) electrons. The number of hydrogen-bond acceptors (Lipinski definition) is 4. The van der Waals surface area contributed by atoms with Crippen LogP contribution in [-0.4, -0.2) is 54.3 Å². The summed E-state index contributed by atoms with van der Waals surface area (Å²) >= 11 is 0. The van der Waals surface area contributed by atoms with Gasteiger partial charge < -0.3 is 19.5 Å². The highest BCUT2D eigenvalue weighted by molar-refractivity contribution is 5.84. The number of carbonyl (C=O) groups is 2. The van der Waals surface area contributed by atoms with Crippen LogP contribution in [0.25, 0.3) is 0 Å². The van der Waals surface area contributed by atoms with Gasteiger partial charge in [0, 0.05) is 6.54 Å². The topological polar surface area (TPSA) is 76.1 Å². The van der Waals surface area contributed by atoms with E-state index in [9.17, 15) is 9.59 Å². The Hall–Kier alpha value is -2.08. The molecule has 1 N–H and O–H groups in total. The minimum Gasteiger partial charge on any atom is -0.497 e. The van der Waals surface area contributed by atoms with Gasteiger partial charge in [-0.3, -0.25) is 4.79 Å². The van der Waals surface area contributed by atoms with Crippen molar-refractivity contribution < 1.29 is 24.2 Å². The van der Waals surface area contributed by atoms with E-state index in [2.05, 4.69) is 0 Å². The lowest BCUT2D eigenvalue weighted by atomic mass is 9.99. The van der Waals surface area contributed by atoms with E-state index in [0.29, 0.717) is 6.54 Å². The van der Waals surface area contributed by atoms with Gasteiger partial charge in [0.25, 0.3) is 0 Å². The number of nitrogens with zero attached hydrogens (tertiary/aromatic N) is 1. The van der Waals surface area contributed by atoms with Crippen LogP contribution in [0.4, 0.5) is 0 Å². The Balaban J connectivity index is 2.09. The maximum absolute atomic E-state index is 12.6. The summed E-state index contributed by atoms with van der Waals surface area (Å²) in [5.41, 5.74) is 0.872. The number of morpholine rings is 1. The van der Waals surface area contributed by atoms with Gasteiger partial charge in [0.05, 0.1) is 25.7 Å². The average molecular weight is 307 g/mol. The number of carboxylic acids is 1. The molecule has 120 valence electrons. The van der Waals surface area contributed by atoms with Gasteiger partial charge >= 0.3 is 5.97 Å². The van der Waals surface area contributed by atoms with Crippen LogP contribution in [0.3, 0.4) is 0 Å². The maximum Gasteiger partial charge on any atom is 0.334 e. The van der Waals surface area contributed by atoms with Crippen LogP contribution in [0.2, 0.25) is 0 Å². The molecule has 1 aromatic carbocycles. The molecule has 1 aliphatic rings. The third-order valence-electron chi connectivity index (χ3n) is 3.83. The predicted molar refractivity (Wildman–Crippen MR) is 80.0 cm³/mol. The Morgan fingerprint density at radius 2 is 1.95 bits per heavy atom. The quantitative estimate of drug-likeness (QED) is 0.912. The molecule has 3 atom stereocenters. The summed E-state index contributed by atoms with van der Waals surface area (Å²) in [6.07, 6.45) is -1.25. The summed E-state index contributed by atoms with van der Waals surface area (Å²) in [5, 5.41) is 9.09. The Morgan fingerprint density at radius 1 is 1.32 bits per heavy atom. The van der Waals surface area contributed by atoms with Crippen molar-refractivity contribution in [3.8, 4) is 5.75 Å². The Kier molecular flexibility index (Phi) is 5.03. The van der Waals surface area contributed by atoms with Gasteiger partial charge in [-0.1, -0.05) is 12.1 Å². The Labute approximate surface area is 129 Å². The SMILES string of the molecule is COc1ccc(C(C)C(=O)N2CC(C(=O)O)O[C@H](C)C2)cc1. The van der Waals surface area contributed by atoms with Crippen LogP contribution in [0, 0.1) is 0 Å². The van der Waals surface area contributed by atoms with Gasteiger partial charge in [-0.25, -0.2) is 4.79 Å². The van der Waals surface area contributed by atoms with Crippen molar-refractivity contribution in [3.05, 3.63) is 29.8 Å². The number of rotatable bonds is 4. The summed E-state index contributed by atoms with van der Waals surface area (Å²) < 4.78 is 10.4. The Bertz CT molecular complexity index is 542. The zero-order valence-electron chi connectivity index (χ0n) is 13.0. The molecule has 1 fully saturated rings. The molecule has 6 nitrogen and oxygen atoms in total. The first-order chi connectivity index (χ1) is 10.4. The lowest BCUT2D eigenvalue weighted by molar-refractivity contribution is -0.166. The molecule has 0 aliphatic carbocycles. The molecular formula is C16H21NO5. The third-order valence-corrected chi connectivity index (χ3v) is 3.83. The van der Waals surface area contributed by atoms with E-state index < -0.39 is 12.1 Å². The molecule has 0 bridgehead atoms. The second-order valence-electron chi connectivity index (χ2n) is 5.51. The molecule has 2 rings (SSSR count). The fraction of sp³-hybridized carbons (Fsp3) is 0.500. The molecular weight excluding hydrogens is 286 g/mol. The Morgan fingerprint density at radius 3 is 2.50 bits per heavy atom. The van der Waals surface area contributed by atoms with E-state index in [0.717, 1.165) is 11.3 Å². The van der Waals surface area contributed by atoms with Gasteiger partial charge in [-0.15, -0.1) is 0 Å². The van der Waals surface area contributed by atoms with E-state index in [-0.39, 0.29) is 24.5 Å². The highest BCUT2D eigenvalue weighted by Gasteiger charge is 2.34. The number of carbonyl (C=O) groups excluding carboxylic acids is 1. The number of benzene rings is 1. The normalized spacial score (nSPS) is 23.0. The van der Waals surface area contributed by atoms with Gasteiger partial charge in [-0.2, -0.15) is 0 Å². The minimum atomic E-state index is -1.04. The standard InChI is InChI=1S/C16H21NO5/c1-10-8-17(9-14(22-10)16(19)20)15(18)11(2)12-4-6-13(21-3)7-5-12/h4-7,10-11,14H,8-9H2,1-3H3,(H,19,20)/t10-,11?,14?/m1/s1. The van der Waals surface area contributed by atoms with Crippen molar-refractivity contribution in [2.75, 3.05) is 20.2 Å². The third kappa shape index (κ3) is 3.57. The lowest BCUT2D eigenvalue weighted by Crippen LogP contribution is -2.52. The second kappa shape index (κ2) is 6.79. The molecule has 0 aromatic heterocycles. The minimum absolute atomic E-state index is 0.0823. The molecule has 0 saturated carbocycles. The number of ether oxygens (including phenoxy) is 2. The number of aliphatic carboxylic acids is 1. The first kappa shape index (κ1) is 16.3. The van der Waals surface area contributed by atoms with Crippen molar-refractivity contribution in [2.45, 2.75) is 32.0 Å². The summed E-state index contributed by atoms with van der Waals surface area (Å²) in [5.74, 6) is -0.743. The van der Waals surface area contributed by atoms with Crippen LogP contribution >= 0.6 is 0 Å². The van der Waals surface area contributed by atoms with Crippen LogP contribution < -0.4 is 4.74 Å². The molecule has 1 aromatic rings. The fourth-order valence-electron chi connectivity index (χ4n) is 2.58. The maximum atomic E-state index is 12.6. The van der Waals surface area contributed by atoms with Gasteiger partial charge in [0.15, 0.2) is 6.10 Å². The van der Waals surface area contributed by atoms with Crippen molar-refractivity contribution in [1.82, 2.24) is 4.90 Å². The molecule has 2 unspecified atom stereocenters. The monoisotopic (exact) mass is 307 g/mol. The van der Waals surface area contributed by atoms with Crippen molar-refractivity contribution >= 4 is 11.9 Å². The molecule has 0 spiro atoms. The van der Waals surface area contributed by atoms with Crippen molar-refractivity contribution in [2.24, 2.45) is 0 Å². The van der Waals surface area contributed by atoms with Crippen molar-refractivity contribution in [1.29, 1.82) is 0 Å². The molecule has 1 amide bonds. The van der Waals surface area contributed by atoms with Crippen LogP contribution in [0.1, 0.15) is 25.3 Å². The summed E-state index contributed by atoms with van der Waals surface area (Å²) in [7, 11) is 1.59. The summed E-state index contributed by atoms with van der Waals surface area (Å²) in [6.45, 7) is 4.08. The van der Waals surface area contributed by atoms with Crippen LogP contribution in [0.15, 0.2) is 24.3 Å². The largest absolute Gasteiger partial charge is 0.497 e. The van der Waals surface area contributed by atoms with Crippen LogP contribution in [0.5, 0.6) is 5.75 Å². The molecule has 22 heavy (non-hydrogen) atoms. The lowest BCUT2D eigenvalue weighted by Gasteiger charge is -2.36. The van der Waals surface area contributed by atoms with E-state index in [1.54, 1.807) is 31.1 Å². The first-order valence-corrected chi connectivity index (χ1v) is 7.23. The van der Waals surface area contributed by atoms with Gasteiger partial charge in [-0.05, 0) is 31.5 Å². The predicted octanol–water partition coefficient (Wildman–Crippen LogP) is 1.50. The van der Waals surface area contributed by atoms with E-state index >= 15 is 0 Å². The zero-order valence-corrected chi connectivity index (χ0v) is 13.0. The highest BCUT2D eigenvalue weighted by Crippen LogP contribution is 2.23. The average Bonchev–Trinajstić information content (AvgIpc) is 2.53. The number of carboxylic acid groups (broad SMARTS) is 1.